The minimum absolute atomic E-state index is 0.0374. The zero-order valence-electron chi connectivity index (χ0n) is 17.7. The molecule has 174 valence electrons. The molecule has 0 aliphatic carbocycles. The van der Waals surface area contributed by atoms with Crippen LogP contribution >= 0.6 is 23.2 Å². The fourth-order valence-electron chi connectivity index (χ4n) is 3.73. The molecule has 1 heterocycles. The molecular formula is C23H23Cl2F3O4. The summed E-state index contributed by atoms with van der Waals surface area (Å²) in [4.78, 5) is 12.1. The summed E-state index contributed by atoms with van der Waals surface area (Å²) in [7, 11) is 0. The van der Waals surface area contributed by atoms with E-state index in [2.05, 4.69) is 0 Å². The molecule has 0 aromatic heterocycles. The van der Waals surface area contributed by atoms with E-state index in [4.69, 9.17) is 32.7 Å². The van der Waals surface area contributed by atoms with E-state index in [1.807, 2.05) is 0 Å². The van der Waals surface area contributed by atoms with Crippen LogP contribution in [-0.4, -0.2) is 29.1 Å². The summed E-state index contributed by atoms with van der Waals surface area (Å²) in [5, 5.41) is 10.4. The third-order valence-corrected chi connectivity index (χ3v) is 5.58. The molecular weight excluding hydrogens is 468 g/mol. The highest BCUT2D eigenvalue weighted by molar-refractivity contribution is 6.34. The summed E-state index contributed by atoms with van der Waals surface area (Å²) in [5.74, 6) is -1.34. The van der Waals surface area contributed by atoms with Gasteiger partial charge >= 0.3 is 12.1 Å². The Labute approximate surface area is 194 Å². The highest BCUT2D eigenvalue weighted by Gasteiger charge is 2.63. The first-order chi connectivity index (χ1) is 14.7. The minimum Gasteiger partial charge on any atom is -0.456 e. The van der Waals surface area contributed by atoms with Crippen molar-refractivity contribution in [3.8, 4) is 0 Å². The van der Waals surface area contributed by atoms with Crippen molar-refractivity contribution in [2.45, 2.75) is 57.3 Å². The maximum Gasteiger partial charge on any atom is 0.421 e. The van der Waals surface area contributed by atoms with Crippen LogP contribution in [0.2, 0.25) is 10.0 Å². The molecule has 1 aliphatic heterocycles. The van der Waals surface area contributed by atoms with Crippen molar-refractivity contribution in [2.24, 2.45) is 5.92 Å². The van der Waals surface area contributed by atoms with Gasteiger partial charge in [-0.05, 0) is 75.1 Å². The number of hydrogen-bond acceptors (Lipinski definition) is 4. The molecule has 3 unspecified atom stereocenters. The lowest BCUT2D eigenvalue weighted by Gasteiger charge is -2.31. The molecule has 1 fully saturated rings. The Morgan fingerprint density at radius 3 is 2.19 bits per heavy atom. The van der Waals surface area contributed by atoms with Crippen LogP contribution in [0.3, 0.4) is 0 Å². The Bertz CT molecular complexity index is 966. The highest BCUT2D eigenvalue weighted by Crippen LogP contribution is 2.53. The fourth-order valence-corrected chi connectivity index (χ4v) is 4.26. The smallest absolute Gasteiger partial charge is 0.421 e. The summed E-state index contributed by atoms with van der Waals surface area (Å²) in [6.07, 6.45) is -6.86. The normalized spacial score (nSPS) is 23.9. The van der Waals surface area contributed by atoms with E-state index in [1.165, 1.54) is 6.07 Å². The number of benzene rings is 2. The summed E-state index contributed by atoms with van der Waals surface area (Å²) in [6.45, 7) is 5.25. The standard InChI is InChI=1S/C23H23Cl2F3O4/c1-21(2,3)31-19(29)14-6-4-13(5-7-14)8-15-12-22(23(26,27)28,32-20(15)30)16-9-17(24)11-18(25)10-16/h4-7,9-11,15,20,30H,8,12H2,1-3H3. The predicted molar refractivity (Wildman–Crippen MR) is 115 cm³/mol. The largest absolute Gasteiger partial charge is 0.456 e. The van der Waals surface area contributed by atoms with Crippen molar-refractivity contribution in [1.82, 2.24) is 0 Å². The monoisotopic (exact) mass is 490 g/mol. The van der Waals surface area contributed by atoms with E-state index in [1.54, 1.807) is 45.0 Å². The lowest BCUT2D eigenvalue weighted by molar-refractivity contribution is -0.297. The Morgan fingerprint density at radius 1 is 1.12 bits per heavy atom. The number of halogens is 5. The van der Waals surface area contributed by atoms with Crippen LogP contribution in [0.1, 0.15) is 48.7 Å². The van der Waals surface area contributed by atoms with Gasteiger partial charge in [0, 0.05) is 16.0 Å². The second-order valence-electron chi connectivity index (χ2n) is 8.86. The van der Waals surface area contributed by atoms with E-state index in [9.17, 15) is 23.1 Å². The highest BCUT2D eigenvalue weighted by atomic mass is 35.5. The lowest BCUT2D eigenvalue weighted by atomic mass is 9.84. The number of aliphatic hydroxyl groups excluding tert-OH is 1. The number of esters is 1. The Balaban J connectivity index is 1.82. The molecule has 9 heteroatoms. The molecule has 32 heavy (non-hydrogen) atoms. The molecule has 3 rings (SSSR count). The van der Waals surface area contributed by atoms with Crippen LogP contribution in [0, 0.1) is 5.92 Å². The number of carbonyl (C=O) groups excluding carboxylic acids is 1. The molecule has 0 radical (unpaired) electrons. The zero-order chi connectivity index (χ0) is 23.9. The molecule has 0 spiro atoms. The van der Waals surface area contributed by atoms with Crippen LogP contribution in [0.15, 0.2) is 42.5 Å². The predicted octanol–water partition coefficient (Wildman–Crippen LogP) is 6.30. The van der Waals surface area contributed by atoms with Crippen molar-refractivity contribution in [1.29, 1.82) is 0 Å². The van der Waals surface area contributed by atoms with Gasteiger partial charge < -0.3 is 14.6 Å². The van der Waals surface area contributed by atoms with Crippen molar-refractivity contribution in [3.63, 3.8) is 0 Å². The maximum absolute atomic E-state index is 14.2. The van der Waals surface area contributed by atoms with Gasteiger partial charge in [0.2, 0.25) is 0 Å². The molecule has 0 amide bonds. The van der Waals surface area contributed by atoms with Gasteiger partial charge in [0.25, 0.3) is 0 Å². The van der Waals surface area contributed by atoms with Crippen LogP contribution in [0.25, 0.3) is 0 Å². The van der Waals surface area contributed by atoms with Gasteiger partial charge in [0.1, 0.15) is 5.60 Å². The number of hydrogen-bond donors (Lipinski definition) is 1. The molecule has 2 aromatic carbocycles. The first-order valence-corrected chi connectivity index (χ1v) is 10.7. The van der Waals surface area contributed by atoms with Crippen molar-refractivity contribution < 1.29 is 32.5 Å². The van der Waals surface area contributed by atoms with Gasteiger partial charge in [-0.15, -0.1) is 0 Å². The van der Waals surface area contributed by atoms with Crippen molar-refractivity contribution >= 4 is 29.2 Å². The molecule has 3 atom stereocenters. The van der Waals surface area contributed by atoms with Gasteiger partial charge in [-0.25, -0.2) is 4.79 Å². The van der Waals surface area contributed by atoms with Crippen molar-refractivity contribution in [3.05, 3.63) is 69.2 Å². The van der Waals surface area contributed by atoms with E-state index in [0.717, 1.165) is 12.1 Å². The topological polar surface area (TPSA) is 55.8 Å². The maximum atomic E-state index is 14.2. The van der Waals surface area contributed by atoms with E-state index >= 15 is 0 Å². The summed E-state index contributed by atoms with van der Waals surface area (Å²) in [6, 6.07) is 9.94. The number of rotatable bonds is 4. The SMILES string of the molecule is CC(C)(C)OC(=O)c1ccc(CC2CC(c3cc(Cl)cc(Cl)c3)(C(F)(F)F)OC2O)cc1. The summed E-state index contributed by atoms with van der Waals surface area (Å²) in [5.41, 5.74) is -2.67. The van der Waals surface area contributed by atoms with Gasteiger partial charge in [-0.1, -0.05) is 35.3 Å². The van der Waals surface area contributed by atoms with E-state index in [-0.39, 0.29) is 22.0 Å². The molecule has 4 nitrogen and oxygen atoms in total. The summed E-state index contributed by atoms with van der Waals surface area (Å²) >= 11 is 11.8. The minimum atomic E-state index is -4.81. The second kappa shape index (κ2) is 8.86. The van der Waals surface area contributed by atoms with Crippen LogP contribution in [-0.2, 0) is 21.5 Å². The second-order valence-corrected chi connectivity index (χ2v) is 9.73. The van der Waals surface area contributed by atoms with Crippen LogP contribution < -0.4 is 0 Å². The van der Waals surface area contributed by atoms with E-state index < -0.39 is 42.0 Å². The average molecular weight is 491 g/mol. The zero-order valence-corrected chi connectivity index (χ0v) is 19.2. The molecule has 1 aliphatic rings. The van der Waals surface area contributed by atoms with Gasteiger partial charge in [0.05, 0.1) is 5.56 Å². The fraction of sp³-hybridized carbons (Fsp3) is 0.435. The Hall–Kier alpha value is -1.80. The van der Waals surface area contributed by atoms with Crippen LogP contribution in [0.5, 0.6) is 0 Å². The summed E-state index contributed by atoms with van der Waals surface area (Å²) < 4.78 is 52.9. The quantitative estimate of drug-likeness (QED) is 0.510. The Kier molecular flexibility index (Phi) is 6.87. The average Bonchev–Trinajstić information content (AvgIpc) is 2.98. The lowest BCUT2D eigenvalue weighted by Crippen LogP contribution is -2.42. The van der Waals surface area contributed by atoms with Gasteiger partial charge in [-0.3, -0.25) is 0 Å². The van der Waals surface area contributed by atoms with Crippen LogP contribution in [0.4, 0.5) is 13.2 Å². The van der Waals surface area contributed by atoms with Crippen molar-refractivity contribution in [2.75, 3.05) is 0 Å². The third kappa shape index (κ3) is 5.39. The molecule has 1 saturated heterocycles. The number of aliphatic hydroxyl groups is 1. The molecule has 1 N–H and O–H groups in total. The first kappa shape index (κ1) is 24.8. The molecule has 2 aromatic rings. The Morgan fingerprint density at radius 2 is 1.69 bits per heavy atom. The number of ether oxygens (including phenoxy) is 2. The molecule has 0 saturated carbocycles. The molecule has 0 bridgehead atoms. The number of carbonyl (C=O) groups is 1. The third-order valence-electron chi connectivity index (χ3n) is 5.15. The van der Waals surface area contributed by atoms with Gasteiger partial charge in [0.15, 0.2) is 11.9 Å². The first-order valence-electron chi connectivity index (χ1n) is 9.92. The number of alkyl halides is 3. The van der Waals surface area contributed by atoms with E-state index in [0.29, 0.717) is 11.1 Å². The van der Waals surface area contributed by atoms with Gasteiger partial charge in [-0.2, -0.15) is 13.2 Å².